The maximum Gasteiger partial charge on any atom is 0.258 e. The molecule has 0 aliphatic heterocycles. The molecule has 1 amide bonds. The lowest BCUT2D eigenvalue weighted by Gasteiger charge is -2.29. The SMILES string of the molecule is C[C@@H]1CCCC[C@H]1NC(=O)COc1ccc(Cl)c2cccnc12. The molecule has 122 valence electrons. The Hall–Kier alpha value is -1.81. The van der Waals surface area contributed by atoms with Gasteiger partial charge in [0.05, 0.1) is 5.02 Å². The number of halogens is 1. The van der Waals surface area contributed by atoms with E-state index in [1.807, 2.05) is 12.1 Å². The van der Waals surface area contributed by atoms with Crippen LogP contribution in [0.25, 0.3) is 10.9 Å². The fourth-order valence-electron chi connectivity index (χ4n) is 3.15. The maximum absolute atomic E-state index is 12.2. The monoisotopic (exact) mass is 332 g/mol. The summed E-state index contributed by atoms with van der Waals surface area (Å²) in [7, 11) is 0. The molecule has 0 unspecified atom stereocenters. The van der Waals surface area contributed by atoms with Gasteiger partial charge in [-0.05, 0) is 43.0 Å². The summed E-state index contributed by atoms with van der Waals surface area (Å²) >= 11 is 6.16. The first-order valence-corrected chi connectivity index (χ1v) is 8.48. The van der Waals surface area contributed by atoms with E-state index in [1.54, 1.807) is 18.3 Å². The van der Waals surface area contributed by atoms with Crippen molar-refractivity contribution in [2.24, 2.45) is 5.92 Å². The number of benzene rings is 1. The second-order valence-electron chi connectivity index (χ2n) is 6.17. The van der Waals surface area contributed by atoms with Gasteiger partial charge in [0.15, 0.2) is 6.61 Å². The van der Waals surface area contributed by atoms with Crippen molar-refractivity contribution in [1.29, 1.82) is 0 Å². The van der Waals surface area contributed by atoms with Crippen LogP contribution in [-0.2, 0) is 4.79 Å². The van der Waals surface area contributed by atoms with E-state index in [-0.39, 0.29) is 18.6 Å². The summed E-state index contributed by atoms with van der Waals surface area (Å²) in [4.78, 5) is 16.5. The first-order chi connectivity index (χ1) is 11.1. The number of fused-ring (bicyclic) bond motifs is 1. The molecule has 1 aromatic heterocycles. The van der Waals surface area contributed by atoms with Crippen LogP contribution in [0.4, 0.5) is 0 Å². The highest BCUT2D eigenvalue weighted by molar-refractivity contribution is 6.35. The van der Waals surface area contributed by atoms with Crippen LogP contribution in [0.2, 0.25) is 5.02 Å². The molecule has 4 nitrogen and oxygen atoms in total. The van der Waals surface area contributed by atoms with Gasteiger partial charge in [0, 0.05) is 17.6 Å². The summed E-state index contributed by atoms with van der Waals surface area (Å²) in [6, 6.07) is 7.51. The number of hydrogen-bond acceptors (Lipinski definition) is 3. The molecule has 1 N–H and O–H groups in total. The fourth-order valence-corrected chi connectivity index (χ4v) is 3.37. The highest BCUT2D eigenvalue weighted by atomic mass is 35.5. The topological polar surface area (TPSA) is 51.2 Å². The Morgan fingerprint density at radius 2 is 2.17 bits per heavy atom. The molecule has 1 heterocycles. The molecule has 0 saturated heterocycles. The number of amides is 1. The van der Waals surface area contributed by atoms with Crippen LogP contribution in [-0.4, -0.2) is 23.5 Å². The Bertz CT molecular complexity index is 704. The Morgan fingerprint density at radius 1 is 1.35 bits per heavy atom. The molecule has 2 atom stereocenters. The lowest BCUT2D eigenvalue weighted by molar-refractivity contribution is -0.124. The van der Waals surface area contributed by atoms with Crippen LogP contribution in [0.15, 0.2) is 30.5 Å². The van der Waals surface area contributed by atoms with Gasteiger partial charge in [-0.1, -0.05) is 31.4 Å². The molecule has 0 bridgehead atoms. The zero-order chi connectivity index (χ0) is 16.2. The molecule has 3 rings (SSSR count). The van der Waals surface area contributed by atoms with E-state index in [1.165, 1.54) is 19.3 Å². The van der Waals surface area contributed by atoms with Gasteiger partial charge in [-0.3, -0.25) is 9.78 Å². The van der Waals surface area contributed by atoms with E-state index in [0.717, 1.165) is 11.8 Å². The molecular weight excluding hydrogens is 312 g/mol. The number of rotatable bonds is 4. The summed E-state index contributed by atoms with van der Waals surface area (Å²) in [5, 5.41) is 4.54. The average molecular weight is 333 g/mol. The van der Waals surface area contributed by atoms with Crippen molar-refractivity contribution >= 4 is 28.4 Å². The Kier molecular flexibility index (Phi) is 5.01. The number of nitrogens with zero attached hydrogens (tertiary/aromatic N) is 1. The van der Waals surface area contributed by atoms with Crippen molar-refractivity contribution in [3.05, 3.63) is 35.5 Å². The van der Waals surface area contributed by atoms with Crippen LogP contribution in [0.5, 0.6) is 5.75 Å². The van der Waals surface area contributed by atoms with Gasteiger partial charge in [0.25, 0.3) is 5.91 Å². The van der Waals surface area contributed by atoms with Gasteiger partial charge >= 0.3 is 0 Å². The third-order valence-electron chi connectivity index (χ3n) is 4.50. The van der Waals surface area contributed by atoms with Crippen molar-refractivity contribution < 1.29 is 9.53 Å². The van der Waals surface area contributed by atoms with Crippen LogP contribution >= 0.6 is 11.6 Å². The number of aromatic nitrogens is 1. The van der Waals surface area contributed by atoms with Crippen molar-refractivity contribution in [1.82, 2.24) is 10.3 Å². The predicted molar refractivity (Wildman–Crippen MR) is 91.8 cm³/mol. The third kappa shape index (κ3) is 3.75. The van der Waals surface area contributed by atoms with Crippen LogP contribution < -0.4 is 10.1 Å². The van der Waals surface area contributed by atoms with Gasteiger partial charge < -0.3 is 10.1 Å². The van der Waals surface area contributed by atoms with E-state index in [9.17, 15) is 4.79 Å². The van der Waals surface area contributed by atoms with Gasteiger partial charge in [-0.2, -0.15) is 0 Å². The first-order valence-electron chi connectivity index (χ1n) is 8.10. The van der Waals surface area contributed by atoms with E-state index in [2.05, 4.69) is 17.2 Å². The number of carbonyl (C=O) groups is 1. The molecule has 23 heavy (non-hydrogen) atoms. The second-order valence-corrected chi connectivity index (χ2v) is 6.58. The zero-order valence-electron chi connectivity index (χ0n) is 13.2. The quantitative estimate of drug-likeness (QED) is 0.922. The van der Waals surface area contributed by atoms with Gasteiger partial charge in [0.2, 0.25) is 0 Å². The molecule has 0 radical (unpaired) electrons. The Labute approximate surface area is 141 Å². The smallest absolute Gasteiger partial charge is 0.258 e. The predicted octanol–water partition coefficient (Wildman–Crippen LogP) is 3.96. The van der Waals surface area contributed by atoms with Crippen molar-refractivity contribution in [3.8, 4) is 5.75 Å². The number of ether oxygens (including phenoxy) is 1. The van der Waals surface area contributed by atoms with Crippen molar-refractivity contribution in [2.75, 3.05) is 6.61 Å². The van der Waals surface area contributed by atoms with Gasteiger partial charge in [0.1, 0.15) is 11.3 Å². The summed E-state index contributed by atoms with van der Waals surface area (Å²) in [5.41, 5.74) is 0.679. The lowest BCUT2D eigenvalue weighted by Crippen LogP contribution is -2.43. The van der Waals surface area contributed by atoms with Crippen LogP contribution in [0.1, 0.15) is 32.6 Å². The summed E-state index contributed by atoms with van der Waals surface area (Å²) in [6.07, 6.45) is 6.36. The van der Waals surface area contributed by atoms with Crippen LogP contribution in [0, 0.1) is 5.92 Å². The van der Waals surface area contributed by atoms with E-state index in [4.69, 9.17) is 16.3 Å². The first kappa shape index (κ1) is 16.1. The summed E-state index contributed by atoms with van der Waals surface area (Å²) in [5.74, 6) is 1.03. The number of carbonyl (C=O) groups excluding carboxylic acids is 1. The molecule has 2 aromatic rings. The minimum absolute atomic E-state index is 0.00345. The molecule has 1 fully saturated rings. The number of nitrogens with one attached hydrogen (secondary N) is 1. The normalized spacial score (nSPS) is 21.1. The molecule has 1 aliphatic rings. The molecule has 5 heteroatoms. The van der Waals surface area contributed by atoms with E-state index >= 15 is 0 Å². The highest BCUT2D eigenvalue weighted by Crippen LogP contribution is 2.29. The fraction of sp³-hybridized carbons (Fsp3) is 0.444. The minimum atomic E-state index is -0.0808. The largest absolute Gasteiger partial charge is 0.481 e. The van der Waals surface area contributed by atoms with E-state index in [0.29, 0.717) is 22.2 Å². The lowest BCUT2D eigenvalue weighted by atomic mass is 9.86. The number of hydrogen-bond donors (Lipinski definition) is 1. The summed E-state index contributed by atoms with van der Waals surface area (Å²) in [6.45, 7) is 2.19. The average Bonchev–Trinajstić information content (AvgIpc) is 2.57. The maximum atomic E-state index is 12.2. The number of pyridine rings is 1. The van der Waals surface area contributed by atoms with Crippen molar-refractivity contribution in [3.63, 3.8) is 0 Å². The second kappa shape index (κ2) is 7.18. The third-order valence-corrected chi connectivity index (χ3v) is 4.83. The standard InChI is InChI=1S/C18H21ClN2O2/c1-12-5-2-3-7-15(12)21-17(22)11-23-16-9-8-14(19)13-6-4-10-20-18(13)16/h4,6,8-10,12,15H,2-3,5,7,11H2,1H3,(H,21,22)/t12-,15-/m1/s1. The minimum Gasteiger partial charge on any atom is -0.481 e. The van der Waals surface area contributed by atoms with Crippen LogP contribution in [0.3, 0.4) is 0 Å². The molecule has 0 spiro atoms. The van der Waals surface area contributed by atoms with Gasteiger partial charge in [-0.25, -0.2) is 0 Å². The summed E-state index contributed by atoms with van der Waals surface area (Å²) < 4.78 is 5.68. The van der Waals surface area contributed by atoms with Gasteiger partial charge in [-0.15, -0.1) is 0 Å². The zero-order valence-corrected chi connectivity index (χ0v) is 14.0. The Morgan fingerprint density at radius 3 is 3.00 bits per heavy atom. The molecule has 1 aromatic carbocycles. The highest BCUT2D eigenvalue weighted by Gasteiger charge is 2.22. The Balaban J connectivity index is 1.64. The molecule has 1 saturated carbocycles. The van der Waals surface area contributed by atoms with E-state index < -0.39 is 0 Å². The molecule has 1 aliphatic carbocycles. The molecular formula is C18H21ClN2O2. The van der Waals surface area contributed by atoms with Crippen molar-refractivity contribution in [2.45, 2.75) is 38.6 Å².